The lowest BCUT2D eigenvalue weighted by Crippen LogP contribution is -2.48. The van der Waals surface area contributed by atoms with Crippen molar-refractivity contribution < 1.29 is 23.9 Å². The van der Waals surface area contributed by atoms with Gasteiger partial charge in [0.1, 0.15) is 11.5 Å². The first-order valence-electron chi connectivity index (χ1n) is 14.8. The maximum absolute atomic E-state index is 15.0. The number of pyridine rings is 1. The van der Waals surface area contributed by atoms with Crippen molar-refractivity contribution in [1.82, 2.24) is 4.98 Å². The number of aromatic nitrogens is 1. The van der Waals surface area contributed by atoms with Gasteiger partial charge in [0.15, 0.2) is 28.8 Å². The summed E-state index contributed by atoms with van der Waals surface area (Å²) in [5.41, 5.74) is 2.53. The monoisotopic (exact) mass is 592 g/mol. The average Bonchev–Trinajstić information content (AvgIpc) is 3.53. The van der Waals surface area contributed by atoms with Gasteiger partial charge in [0.05, 0.1) is 31.5 Å². The molecule has 0 radical (unpaired) electrons. The number of carbonyl (C=O) groups is 3. The van der Waals surface area contributed by atoms with Crippen LogP contribution in [0.4, 0.5) is 5.69 Å². The summed E-state index contributed by atoms with van der Waals surface area (Å²) in [5.74, 6) is -0.700. The number of ketones is 3. The molecular formula is C38H28N2O5. The summed E-state index contributed by atoms with van der Waals surface area (Å²) in [6.45, 7) is 0. The van der Waals surface area contributed by atoms with Crippen molar-refractivity contribution in [2.75, 3.05) is 19.1 Å². The number of ether oxygens (including phenoxy) is 2. The van der Waals surface area contributed by atoms with E-state index in [0.717, 1.165) is 16.6 Å². The van der Waals surface area contributed by atoms with Crippen LogP contribution in [-0.2, 0) is 0 Å². The van der Waals surface area contributed by atoms with Crippen LogP contribution in [0, 0.1) is 5.41 Å². The number of carbonyl (C=O) groups excluding carboxylic acids is 3. The number of fused-ring (bicyclic) bond motifs is 7. The van der Waals surface area contributed by atoms with Gasteiger partial charge in [-0.05, 0) is 29.3 Å². The van der Waals surface area contributed by atoms with Crippen LogP contribution in [0.2, 0.25) is 0 Å². The van der Waals surface area contributed by atoms with Crippen molar-refractivity contribution in [3.8, 4) is 11.5 Å². The van der Waals surface area contributed by atoms with Crippen molar-refractivity contribution >= 4 is 40.0 Å². The summed E-state index contributed by atoms with van der Waals surface area (Å²) >= 11 is 0. The lowest BCUT2D eigenvalue weighted by Gasteiger charge is -2.37. The highest BCUT2D eigenvalue weighted by Gasteiger charge is 2.71. The van der Waals surface area contributed by atoms with Gasteiger partial charge in [-0.2, -0.15) is 0 Å². The Labute approximate surface area is 259 Å². The molecule has 1 aliphatic carbocycles. The molecule has 5 aromatic rings. The van der Waals surface area contributed by atoms with Crippen molar-refractivity contribution in [2.45, 2.75) is 18.0 Å². The summed E-state index contributed by atoms with van der Waals surface area (Å²) in [6, 6.07) is 27.6. The number of benzene rings is 4. The third-order valence-corrected chi connectivity index (χ3v) is 9.63. The van der Waals surface area contributed by atoms with Crippen LogP contribution in [0.25, 0.3) is 17.0 Å². The number of Topliss-reactive ketones (excluding diaryl/α,β-unsaturated/α-hetero) is 3. The van der Waals surface area contributed by atoms with Gasteiger partial charge in [-0.1, -0.05) is 91.0 Å². The lowest BCUT2D eigenvalue weighted by molar-refractivity contribution is 0.0665. The van der Waals surface area contributed by atoms with Crippen molar-refractivity contribution in [2.24, 2.45) is 5.41 Å². The van der Waals surface area contributed by atoms with E-state index in [4.69, 9.17) is 14.5 Å². The summed E-state index contributed by atoms with van der Waals surface area (Å²) in [6.07, 6.45) is 5.60. The topological polar surface area (TPSA) is 85.8 Å². The minimum atomic E-state index is -1.64. The molecule has 7 nitrogen and oxygen atoms in total. The molecule has 0 unspecified atom stereocenters. The van der Waals surface area contributed by atoms with Crippen LogP contribution in [0.3, 0.4) is 0 Å². The van der Waals surface area contributed by atoms with E-state index in [-0.39, 0.29) is 17.3 Å². The third-order valence-electron chi connectivity index (χ3n) is 9.63. The molecule has 0 bridgehead atoms. The van der Waals surface area contributed by atoms with Gasteiger partial charge in [-0.3, -0.25) is 19.4 Å². The second kappa shape index (κ2) is 9.99. The maximum atomic E-state index is 15.0. The van der Waals surface area contributed by atoms with Crippen LogP contribution in [0.15, 0.2) is 109 Å². The highest BCUT2D eigenvalue weighted by Crippen LogP contribution is 2.62. The van der Waals surface area contributed by atoms with E-state index in [1.165, 1.54) is 0 Å². The fraction of sp³-hybridized carbons (Fsp3) is 0.158. The van der Waals surface area contributed by atoms with Gasteiger partial charge in [0.2, 0.25) is 0 Å². The SMILES string of the molecule is COc1ccc([C@@H]2[C@H](C(=O)c3ccccc3)N3c4c(ccc5cccnc45)C=C[C@H]3C23C(=O)c2ccccc2C3=O)cc1OC. The van der Waals surface area contributed by atoms with Crippen LogP contribution in [-0.4, -0.2) is 48.6 Å². The molecule has 1 aromatic heterocycles. The van der Waals surface area contributed by atoms with Gasteiger partial charge in [-0.15, -0.1) is 0 Å². The molecule has 4 aromatic carbocycles. The molecule has 220 valence electrons. The Morgan fingerprint density at radius 3 is 2.22 bits per heavy atom. The second-order valence-corrected chi connectivity index (χ2v) is 11.6. The Balaban J connectivity index is 1.48. The van der Waals surface area contributed by atoms with Crippen LogP contribution in [0.5, 0.6) is 11.5 Å². The smallest absolute Gasteiger partial charge is 0.185 e. The fourth-order valence-electron chi connectivity index (χ4n) is 7.78. The second-order valence-electron chi connectivity index (χ2n) is 11.6. The highest BCUT2D eigenvalue weighted by atomic mass is 16.5. The molecule has 0 N–H and O–H groups in total. The quantitative estimate of drug-likeness (QED) is 0.169. The third kappa shape index (κ3) is 3.58. The summed E-state index contributed by atoms with van der Waals surface area (Å²) in [4.78, 5) is 51.7. The Bertz CT molecular complexity index is 2050. The fourth-order valence-corrected chi connectivity index (χ4v) is 7.78. The van der Waals surface area contributed by atoms with E-state index in [2.05, 4.69) is 0 Å². The molecule has 0 saturated carbocycles. The van der Waals surface area contributed by atoms with E-state index in [1.54, 1.807) is 68.9 Å². The molecule has 3 atom stereocenters. The molecule has 1 saturated heterocycles. The lowest BCUT2D eigenvalue weighted by atomic mass is 9.64. The summed E-state index contributed by atoms with van der Waals surface area (Å²) in [5, 5.41) is 0.896. The number of methoxy groups -OCH3 is 2. The Hall–Kier alpha value is -5.56. The molecule has 2 aliphatic heterocycles. The predicted octanol–water partition coefficient (Wildman–Crippen LogP) is 6.57. The number of hydrogen-bond donors (Lipinski definition) is 0. The summed E-state index contributed by atoms with van der Waals surface area (Å²) < 4.78 is 11.2. The molecular weight excluding hydrogens is 564 g/mol. The maximum Gasteiger partial charge on any atom is 0.185 e. The molecule has 3 aliphatic rings. The molecule has 1 fully saturated rings. The first-order chi connectivity index (χ1) is 22.0. The van der Waals surface area contributed by atoms with Crippen LogP contribution >= 0.6 is 0 Å². The van der Waals surface area contributed by atoms with Crippen molar-refractivity contribution in [3.05, 3.63) is 137 Å². The molecule has 3 heterocycles. The summed E-state index contributed by atoms with van der Waals surface area (Å²) in [7, 11) is 3.09. The van der Waals surface area contributed by atoms with Crippen LogP contribution < -0.4 is 14.4 Å². The normalized spacial score (nSPS) is 20.7. The van der Waals surface area contributed by atoms with Gasteiger partial charge < -0.3 is 14.4 Å². The first-order valence-corrected chi connectivity index (χ1v) is 14.8. The van der Waals surface area contributed by atoms with Crippen LogP contribution in [0.1, 0.15) is 48.1 Å². The molecule has 7 heteroatoms. The van der Waals surface area contributed by atoms with E-state index in [1.807, 2.05) is 65.6 Å². The van der Waals surface area contributed by atoms with Crippen molar-refractivity contribution in [3.63, 3.8) is 0 Å². The van der Waals surface area contributed by atoms with E-state index in [9.17, 15) is 14.4 Å². The van der Waals surface area contributed by atoms with Gasteiger partial charge >= 0.3 is 0 Å². The Kier molecular flexibility index (Phi) is 6.00. The van der Waals surface area contributed by atoms with E-state index < -0.39 is 23.4 Å². The molecule has 0 amide bonds. The minimum Gasteiger partial charge on any atom is -0.493 e. The molecule has 1 spiro atoms. The number of rotatable bonds is 5. The Morgan fingerprint density at radius 2 is 1.51 bits per heavy atom. The molecule has 45 heavy (non-hydrogen) atoms. The standard InChI is InChI=1S/C38H28N2O5/c1-44-28-18-16-25(21-29(28)45-2)31-34(35(41)24-9-4-3-5-10-24)40-30(38(31)36(42)26-12-6-7-13-27(26)37(38)43)19-17-23-15-14-22-11-8-20-39-32(22)33(23)40/h3-21,30-31,34H,1-2H3/t30-,31+,34+/m0/s1. The highest BCUT2D eigenvalue weighted by molar-refractivity contribution is 6.32. The van der Waals surface area contributed by atoms with Crippen molar-refractivity contribution in [1.29, 1.82) is 0 Å². The predicted molar refractivity (Wildman–Crippen MR) is 171 cm³/mol. The number of hydrogen-bond acceptors (Lipinski definition) is 7. The molecule has 8 rings (SSSR count). The zero-order chi connectivity index (χ0) is 30.9. The van der Waals surface area contributed by atoms with E-state index >= 15 is 0 Å². The first kappa shape index (κ1) is 27.0. The average molecular weight is 593 g/mol. The zero-order valence-electron chi connectivity index (χ0n) is 24.6. The largest absolute Gasteiger partial charge is 0.493 e. The van der Waals surface area contributed by atoms with E-state index in [0.29, 0.717) is 39.3 Å². The van der Waals surface area contributed by atoms with Gasteiger partial charge in [-0.25, -0.2) is 0 Å². The Morgan fingerprint density at radius 1 is 0.800 bits per heavy atom. The van der Waals surface area contributed by atoms with Gasteiger partial charge in [0.25, 0.3) is 0 Å². The number of anilines is 1. The van der Waals surface area contributed by atoms with Gasteiger partial charge in [0, 0.05) is 34.2 Å². The minimum absolute atomic E-state index is 0.192. The zero-order valence-corrected chi connectivity index (χ0v) is 24.6. The number of nitrogens with zero attached hydrogens (tertiary/aromatic N) is 2.